The second-order valence-corrected chi connectivity index (χ2v) is 8.52. The van der Waals surface area contributed by atoms with Crippen LogP contribution in [0.1, 0.15) is 16.7 Å². The number of hydrazone groups is 1. The molecule has 8 nitrogen and oxygen atoms in total. The van der Waals surface area contributed by atoms with Gasteiger partial charge in [-0.25, -0.2) is 17.2 Å². The molecule has 11 heteroatoms. The van der Waals surface area contributed by atoms with Gasteiger partial charge >= 0.3 is 0 Å². The zero-order valence-electron chi connectivity index (χ0n) is 17.0. The molecule has 166 valence electrons. The van der Waals surface area contributed by atoms with E-state index in [0.29, 0.717) is 11.3 Å². The molecule has 3 aromatic carbocycles. The lowest BCUT2D eigenvalue weighted by molar-refractivity contribution is -0.385. The van der Waals surface area contributed by atoms with Crippen LogP contribution in [-0.2, 0) is 10.0 Å². The predicted molar refractivity (Wildman–Crippen MR) is 117 cm³/mol. The molecule has 0 saturated heterocycles. The van der Waals surface area contributed by atoms with E-state index in [1.165, 1.54) is 6.07 Å². The Kier molecular flexibility index (Phi) is 6.49. The maximum Gasteiger partial charge on any atom is 0.270 e. The summed E-state index contributed by atoms with van der Waals surface area (Å²) in [7, 11) is -4.29. The number of nitrogens with zero attached hydrogens (tertiary/aromatic N) is 2. The van der Waals surface area contributed by atoms with Gasteiger partial charge in [-0.05, 0) is 43.7 Å². The number of aryl methyl sites for hydroxylation is 2. The fourth-order valence-electron chi connectivity index (χ4n) is 2.87. The third-order valence-corrected chi connectivity index (χ3v) is 5.88. The van der Waals surface area contributed by atoms with Crippen molar-refractivity contribution in [1.82, 2.24) is 0 Å². The Morgan fingerprint density at radius 2 is 1.66 bits per heavy atom. The van der Waals surface area contributed by atoms with E-state index in [-0.39, 0.29) is 5.69 Å². The number of nitrogens with one attached hydrogen (secondary N) is 2. The predicted octanol–water partition coefficient (Wildman–Crippen LogP) is 4.74. The molecule has 0 bridgehead atoms. The van der Waals surface area contributed by atoms with Crippen LogP contribution < -0.4 is 10.1 Å². The SMILES string of the molecule is Cc1ccc(NS(=O)(=O)c2cc([N+](=O)[O-])ccc2NN=Cc2c(F)cccc2F)c(C)c1. The highest BCUT2D eigenvalue weighted by Gasteiger charge is 2.23. The van der Waals surface area contributed by atoms with Gasteiger partial charge in [0.1, 0.15) is 16.5 Å². The van der Waals surface area contributed by atoms with Crippen LogP contribution in [0.2, 0.25) is 0 Å². The maximum absolute atomic E-state index is 13.8. The molecular formula is C21H18F2N4O4S. The van der Waals surface area contributed by atoms with Gasteiger partial charge in [0.05, 0.1) is 28.1 Å². The van der Waals surface area contributed by atoms with E-state index >= 15 is 0 Å². The van der Waals surface area contributed by atoms with Gasteiger partial charge in [-0.3, -0.25) is 20.3 Å². The first kappa shape index (κ1) is 22.8. The summed E-state index contributed by atoms with van der Waals surface area (Å²) in [6.45, 7) is 3.56. The number of rotatable bonds is 7. The number of benzene rings is 3. The minimum atomic E-state index is -4.29. The van der Waals surface area contributed by atoms with Crippen LogP contribution in [0.3, 0.4) is 0 Å². The van der Waals surface area contributed by atoms with Crippen molar-refractivity contribution >= 4 is 33.3 Å². The smallest absolute Gasteiger partial charge is 0.270 e. The summed E-state index contributed by atoms with van der Waals surface area (Å²) in [6.07, 6.45) is 0.847. The molecular weight excluding hydrogens is 442 g/mol. The minimum absolute atomic E-state index is 0.124. The van der Waals surface area contributed by atoms with Crippen LogP contribution in [-0.4, -0.2) is 19.6 Å². The highest BCUT2D eigenvalue weighted by atomic mass is 32.2. The van der Waals surface area contributed by atoms with Crippen LogP contribution >= 0.6 is 0 Å². The molecule has 0 aromatic heterocycles. The molecule has 3 aromatic rings. The average molecular weight is 460 g/mol. The topological polar surface area (TPSA) is 114 Å². The average Bonchev–Trinajstić information content (AvgIpc) is 2.72. The Balaban J connectivity index is 1.99. The number of nitro groups is 1. The van der Waals surface area contributed by atoms with E-state index in [1.54, 1.807) is 25.1 Å². The Bertz CT molecular complexity index is 1310. The number of sulfonamides is 1. The monoisotopic (exact) mass is 460 g/mol. The minimum Gasteiger partial charge on any atom is -0.279 e. The fourth-order valence-corrected chi connectivity index (χ4v) is 4.18. The Morgan fingerprint density at radius 1 is 1.00 bits per heavy atom. The molecule has 0 atom stereocenters. The van der Waals surface area contributed by atoms with Gasteiger partial charge in [0.2, 0.25) is 0 Å². The third-order valence-electron chi connectivity index (χ3n) is 4.47. The number of halogens is 2. The van der Waals surface area contributed by atoms with Crippen molar-refractivity contribution in [3.8, 4) is 0 Å². The number of anilines is 2. The highest BCUT2D eigenvalue weighted by Crippen LogP contribution is 2.29. The third kappa shape index (κ3) is 5.06. The molecule has 0 aliphatic rings. The van der Waals surface area contributed by atoms with Crippen molar-refractivity contribution in [3.63, 3.8) is 0 Å². The summed E-state index contributed by atoms with van der Waals surface area (Å²) >= 11 is 0. The highest BCUT2D eigenvalue weighted by molar-refractivity contribution is 7.92. The molecule has 0 radical (unpaired) electrons. The first-order valence-corrected chi connectivity index (χ1v) is 10.7. The molecule has 3 rings (SSSR count). The van der Waals surface area contributed by atoms with Gasteiger partial charge in [-0.2, -0.15) is 5.10 Å². The van der Waals surface area contributed by atoms with Crippen molar-refractivity contribution in [3.05, 3.63) is 93.0 Å². The molecule has 0 aliphatic heterocycles. The van der Waals surface area contributed by atoms with Crippen LogP contribution in [0.5, 0.6) is 0 Å². The first-order chi connectivity index (χ1) is 15.1. The van der Waals surface area contributed by atoms with Crippen LogP contribution in [0.4, 0.5) is 25.8 Å². The Labute approximate surface area is 182 Å². The quantitative estimate of drug-likeness (QED) is 0.300. The van der Waals surface area contributed by atoms with E-state index in [9.17, 15) is 27.3 Å². The van der Waals surface area contributed by atoms with Gasteiger partial charge < -0.3 is 0 Å². The van der Waals surface area contributed by atoms with Crippen molar-refractivity contribution in [2.45, 2.75) is 18.7 Å². The van der Waals surface area contributed by atoms with Gasteiger partial charge in [-0.15, -0.1) is 0 Å². The van der Waals surface area contributed by atoms with Crippen molar-refractivity contribution < 1.29 is 22.1 Å². The van der Waals surface area contributed by atoms with Gasteiger partial charge in [-0.1, -0.05) is 23.8 Å². The van der Waals surface area contributed by atoms with Gasteiger partial charge in [0.25, 0.3) is 15.7 Å². The van der Waals surface area contributed by atoms with Gasteiger partial charge in [0.15, 0.2) is 0 Å². The summed E-state index contributed by atoms with van der Waals surface area (Å²) in [5.74, 6) is -1.72. The lowest BCUT2D eigenvalue weighted by atomic mass is 10.1. The second-order valence-electron chi connectivity index (χ2n) is 6.87. The molecule has 0 saturated carbocycles. The van der Waals surface area contributed by atoms with Crippen LogP contribution in [0, 0.1) is 35.6 Å². The van der Waals surface area contributed by atoms with Crippen LogP contribution in [0.25, 0.3) is 0 Å². The summed E-state index contributed by atoms with van der Waals surface area (Å²) in [5, 5.41) is 14.9. The number of non-ortho nitro benzene ring substituents is 1. The molecule has 0 heterocycles. The lowest BCUT2D eigenvalue weighted by Gasteiger charge is -2.14. The molecule has 0 fully saturated rings. The van der Waals surface area contributed by atoms with Crippen LogP contribution in [0.15, 0.2) is 64.6 Å². The number of hydrogen-bond donors (Lipinski definition) is 2. The van der Waals surface area contributed by atoms with Crippen molar-refractivity contribution in [2.75, 3.05) is 10.1 Å². The molecule has 0 spiro atoms. The van der Waals surface area contributed by atoms with E-state index in [0.717, 1.165) is 42.1 Å². The zero-order valence-corrected chi connectivity index (χ0v) is 17.8. The second kappa shape index (κ2) is 9.10. The molecule has 0 aliphatic carbocycles. The largest absolute Gasteiger partial charge is 0.279 e. The normalized spacial score (nSPS) is 11.5. The van der Waals surface area contributed by atoms with E-state index in [2.05, 4.69) is 15.2 Å². The summed E-state index contributed by atoms with van der Waals surface area (Å²) in [6, 6.07) is 11.4. The van der Waals surface area contributed by atoms with Crippen molar-refractivity contribution in [1.29, 1.82) is 0 Å². The van der Waals surface area contributed by atoms with E-state index in [4.69, 9.17) is 0 Å². The Morgan fingerprint density at radius 3 is 2.28 bits per heavy atom. The molecule has 32 heavy (non-hydrogen) atoms. The standard InChI is InChI=1S/C21H18F2N4O4S/c1-13-6-8-19(14(2)10-13)26-32(30,31)21-11-15(27(28)29)7-9-20(21)25-24-12-16-17(22)4-3-5-18(16)23/h3-12,25-26H,1-2H3. The zero-order chi connectivity index (χ0) is 23.5. The number of nitro benzene ring substituents is 1. The molecule has 2 N–H and O–H groups in total. The van der Waals surface area contributed by atoms with Crippen molar-refractivity contribution in [2.24, 2.45) is 5.10 Å². The summed E-state index contributed by atoms with van der Waals surface area (Å²) in [5.41, 5.74) is 3.26. The maximum atomic E-state index is 13.8. The van der Waals surface area contributed by atoms with Gasteiger partial charge in [0, 0.05) is 12.1 Å². The lowest BCUT2D eigenvalue weighted by Crippen LogP contribution is -2.16. The first-order valence-electron chi connectivity index (χ1n) is 9.20. The Hall–Kier alpha value is -3.86. The fraction of sp³-hybridized carbons (Fsp3) is 0.0952. The number of hydrogen-bond acceptors (Lipinski definition) is 6. The molecule has 0 unspecified atom stereocenters. The van der Waals surface area contributed by atoms with E-state index in [1.807, 2.05) is 6.92 Å². The summed E-state index contributed by atoms with van der Waals surface area (Å²) < 4.78 is 56.0. The summed E-state index contributed by atoms with van der Waals surface area (Å²) in [4.78, 5) is 9.97. The van der Waals surface area contributed by atoms with E-state index < -0.39 is 42.7 Å². The molecule has 0 amide bonds.